The third-order valence-electron chi connectivity index (χ3n) is 1.94. The number of benzene rings is 1. The second-order valence-electron chi connectivity index (χ2n) is 3.23. The van der Waals surface area contributed by atoms with Crippen LogP contribution < -0.4 is 5.73 Å². The van der Waals surface area contributed by atoms with Crippen molar-refractivity contribution in [2.45, 2.75) is 6.18 Å². The molecular weight excluding hydrogens is 235 g/mol. The minimum absolute atomic E-state index is 0.436. The molecule has 1 aromatic carbocycles. The summed E-state index contributed by atoms with van der Waals surface area (Å²) in [6, 6.07) is 3.62. The molecule has 0 atom stereocenters. The van der Waals surface area contributed by atoms with Gasteiger partial charge >= 0.3 is 12.2 Å². The second-order valence-corrected chi connectivity index (χ2v) is 3.23. The van der Waals surface area contributed by atoms with Crippen LogP contribution in [0, 0.1) is 0 Å². The Morgan fingerprint density at radius 3 is 2.29 bits per heavy atom. The van der Waals surface area contributed by atoms with E-state index in [2.05, 4.69) is 5.10 Å². The lowest BCUT2D eigenvalue weighted by atomic mass is 10.1. The van der Waals surface area contributed by atoms with E-state index in [1.807, 2.05) is 0 Å². The maximum Gasteiger partial charge on any atom is 0.416 e. The van der Waals surface area contributed by atoms with Crippen LogP contribution in [-0.2, 0) is 6.18 Å². The molecule has 2 N–H and O–H groups in total. The van der Waals surface area contributed by atoms with Crippen molar-refractivity contribution in [3.8, 4) is 0 Å². The van der Waals surface area contributed by atoms with Crippen molar-refractivity contribution in [1.29, 1.82) is 0 Å². The van der Waals surface area contributed by atoms with E-state index in [0.717, 1.165) is 17.1 Å². The zero-order valence-corrected chi connectivity index (χ0v) is 8.90. The Kier molecular flexibility index (Phi) is 3.72. The van der Waals surface area contributed by atoms with Gasteiger partial charge in [-0.1, -0.05) is 12.1 Å². The standard InChI is InChI=1S/C10H10F3N3O/c1-16(9(14)17)15-6-7-2-4-8(5-3-7)10(11,12)13/h2-6H,1H3,(H2,14,17). The molecule has 0 fully saturated rings. The molecule has 0 heterocycles. The van der Waals surface area contributed by atoms with Gasteiger partial charge in [-0.15, -0.1) is 0 Å². The lowest BCUT2D eigenvalue weighted by Gasteiger charge is -2.07. The molecule has 1 rings (SSSR count). The summed E-state index contributed by atoms with van der Waals surface area (Å²) in [5.74, 6) is 0. The van der Waals surface area contributed by atoms with E-state index >= 15 is 0 Å². The van der Waals surface area contributed by atoms with Crippen LogP contribution >= 0.6 is 0 Å². The molecule has 17 heavy (non-hydrogen) atoms. The van der Waals surface area contributed by atoms with E-state index < -0.39 is 17.8 Å². The number of rotatable bonds is 2. The molecular formula is C10H10F3N3O. The van der Waals surface area contributed by atoms with Gasteiger partial charge in [-0.05, 0) is 17.7 Å². The molecule has 0 aliphatic carbocycles. The normalized spacial score (nSPS) is 11.8. The van der Waals surface area contributed by atoms with Crippen LogP contribution in [0.5, 0.6) is 0 Å². The van der Waals surface area contributed by atoms with Gasteiger partial charge in [0.1, 0.15) is 0 Å². The van der Waals surface area contributed by atoms with Crippen molar-refractivity contribution in [2.24, 2.45) is 10.8 Å². The topological polar surface area (TPSA) is 58.7 Å². The summed E-state index contributed by atoms with van der Waals surface area (Å²) in [4.78, 5) is 10.6. The van der Waals surface area contributed by atoms with E-state index in [4.69, 9.17) is 5.73 Å². The van der Waals surface area contributed by atoms with Crippen LogP contribution in [0.4, 0.5) is 18.0 Å². The molecule has 0 aliphatic rings. The fraction of sp³-hybridized carbons (Fsp3) is 0.200. The van der Waals surface area contributed by atoms with E-state index in [0.29, 0.717) is 5.56 Å². The number of carbonyl (C=O) groups excluding carboxylic acids is 1. The minimum atomic E-state index is -4.36. The van der Waals surface area contributed by atoms with Gasteiger partial charge in [0.05, 0.1) is 11.8 Å². The summed E-state index contributed by atoms with van der Waals surface area (Å²) >= 11 is 0. The number of nitrogens with two attached hydrogens (primary N) is 1. The summed E-state index contributed by atoms with van der Waals surface area (Å²) in [7, 11) is 1.34. The number of primary amides is 1. The largest absolute Gasteiger partial charge is 0.416 e. The SMILES string of the molecule is CN(N=Cc1ccc(C(F)(F)F)cc1)C(N)=O. The molecule has 0 spiro atoms. The number of carbonyl (C=O) groups is 1. The number of hydrazone groups is 1. The highest BCUT2D eigenvalue weighted by atomic mass is 19.4. The smallest absolute Gasteiger partial charge is 0.350 e. The van der Waals surface area contributed by atoms with Gasteiger partial charge in [-0.2, -0.15) is 18.3 Å². The van der Waals surface area contributed by atoms with Gasteiger partial charge in [-0.3, -0.25) is 0 Å². The molecule has 7 heteroatoms. The Labute approximate surface area is 95.5 Å². The molecule has 0 radical (unpaired) electrons. The quantitative estimate of drug-likeness (QED) is 0.629. The summed E-state index contributed by atoms with van der Waals surface area (Å²) < 4.78 is 36.7. The van der Waals surface area contributed by atoms with Crippen LogP contribution in [0.1, 0.15) is 11.1 Å². The zero-order chi connectivity index (χ0) is 13.1. The first kappa shape index (κ1) is 13.0. The fourth-order valence-electron chi connectivity index (χ4n) is 0.968. The minimum Gasteiger partial charge on any atom is -0.350 e. The predicted molar refractivity (Wildman–Crippen MR) is 56.4 cm³/mol. The van der Waals surface area contributed by atoms with Crippen LogP contribution in [0.3, 0.4) is 0 Å². The van der Waals surface area contributed by atoms with Gasteiger partial charge in [-0.25, -0.2) is 9.80 Å². The summed E-state index contributed by atoms with van der Waals surface area (Å²) in [5.41, 5.74) is 4.60. The Hall–Kier alpha value is -2.05. The molecule has 0 aliphatic heterocycles. The van der Waals surface area contributed by atoms with Crippen molar-refractivity contribution in [1.82, 2.24) is 5.01 Å². The average Bonchev–Trinajstić information content (AvgIpc) is 2.25. The highest BCUT2D eigenvalue weighted by molar-refractivity contribution is 5.81. The summed E-state index contributed by atoms with van der Waals surface area (Å²) in [6.45, 7) is 0. The summed E-state index contributed by atoms with van der Waals surface area (Å²) in [6.07, 6.45) is -3.12. The molecule has 92 valence electrons. The number of hydrogen-bond donors (Lipinski definition) is 1. The zero-order valence-electron chi connectivity index (χ0n) is 8.90. The van der Waals surface area contributed by atoms with E-state index in [1.165, 1.54) is 25.4 Å². The molecule has 0 aromatic heterocycles. The number of nitrogens with zero attached hydrogens (tertiary/aromatic N) is 2. The van der Waals surface area contributed by atoms with Crippen molar-refractivity contribution in [3.05, 3.63) is 35.4 Å². The van der Waals surface area contributed by atoms with Crippen molar-refractivity contribution in [2.75, 3.05) is 7.05 Å². The molecule has 2 amide bonds. The number of urea groups is 1. The van der Waals surface area contributed by atoms with Crippen LogP contribution in [-0.4, -0.2) is 24.3 Å². The third kappa shape index (κ3) is 3.78. The van der Waals surface area contributed by atoms with Crippen molar-refractivity contribution in [3.63, 3.8) is 0 Å². The number of hydrogen-bond acceptors (Lipinski definition) is 2. The molecule has 0 unspecified atom stereocenters. The lowest BCUT2D eigenvalue weighted by Crippen LogP contribution is -2.27. The Bertz CT molecular complexity index is 425. The van der Waals surface area contributed by atoms with Crippen LogP contribution in [0.25, 0.3) is 0 Å². The van der Waals surface area contributed by atoms with Crippen LogP contribution in [0.2, 0.25) is 0 Å². The van der Waals surface area contributed by atoms with Crippen LogP contribution in [0.15, 0.2) is 29.4 Å². The van der Waals surface area contributed by atoms with Gasteiger partial charge in [0, 0.05) is 7.05 Å². The van der Waals surface area contributed by atoms with Gasteiger partial charge in [0.15, 0.2) is 0 Å². The average molecular weight is 245 g/mol. The Morgan fingerprint density at radius 1 is 1.35 bits per heavy atom. The highest BCUT2D eigenvalue weighted by Crippen LogP contribution is 2.28. The maximum atomic E-state index is 12.2. The summed E-state index contributed by atoms with van der Waals surface area (Å²) in [5, 5.41) is 4.51. The van der Waals surface area contributed by atoms with Gasteiger partial charge in [0.2, 0.25) is 0 Å². The van der Waals surface area contributed by atoms with Gasteiger partial charge < -0.3 is 5.73 Å². The number of alkyl halides is 3. The second kappa shape index (κ2) is 4.86. The van der Waals surface area contributed by atoms with E-state index in [-0.39, 0.29) is 0 Å². The number of amides is 2. The van der Waals surface area contributed by atoms with Crippen molar-refractivity contribution < 1.29 is 18.0 Å². The molecule has 0 bridgehead atoms. The first-order chi connectivity index (χ1) is 7.80. The predicted octanol–water partition coefficient (Wildman–Crippen LogP) is 2.05. The molecule has 1 aromatic rings. The highest BCUT2D eigenvalue weighted by Gasteiger charge is 2.29. The molecule has 0 saturated carbocycles. The van der Waals surface area contributed by atoms with Gasteiger partial charge in [0.25, 0.3) is 0 Å². The fourth-order valence-corrected chi connectivity index (χ4v) is 0.968. The Morgan fingerprint density at radius 2 is 1.88 bits per heavy atom. The maximum absolute atomic E-state index is 12.2. The Balaban J connectivity index is 2.79. The molecule has 0 saturated heterocycles. The first-order valence-electron chi connectivity index (χ1n) is 4.55. The molecule has 4 nitrogen and oxygen atoms in total. The van der Waals surface area contributed by atoms with Crippen molar-refractivity contribution >= 4 is 12.2 Å². The first-order valence-corrected chi connectivity index (χ1v) is 4.55. The number of halogens is 3. The monoisotopic (exact) mass is 245 g/mol. The lowest BCUT2D eigenvalue weighted by molar-refractivity contribution is -0.137. The van der Waals surface area contributed by atoms with E-state index in [9.17, 15) is 18.0 Å². The third-order valence-corrected chi connectivity index (χ3v) is 1.94. The van der Waals surface area contributed by atoms with E-state index in [1.54, 1.807) is 0 Å².